The number of carbonyl (C=O) groups excluding carboxylic acids is 2. The molecule has 0 saturated heterocycles. The molecule has 138 valence electrons. The van der Waals surface area contributed by atoms with Crippen LogP contribution in [0.5, 0.6) is 0 Å². The Balaban J connectivity index is 1.73. The van der Waals surface area contributed by atoms with Gasteiger partial charge in [-0.25, -0.2) is 4.79 Å². The molecule has 8 heteroatoms. The van der Waals surface area contributed by atoms with Gasteiger partial charge in [0.25, 0.3) is 0 Å². The minimum atomic E-state index is -0.643. The SMILES string of the molecule is Cc1ccccc1-n1c(C)nnc1SCC(=O)c1ccc(NC(N)=O)cc1. The Morgan fingerprint density at radius 1 is 1.07 bits per heavy atom. The van der Waals surface area contributed by atoms with Crippen molar-refractivity contribution >= 4 is 29.3 Å². The van der Waals surface area contributed by atoms with Gasteiger partial charge in [0.2, 0.25) is 0 Å². The van der Waals surface area contributed by atoms with Gasteiger partial charge < -0.3 is 11.1 Å². The molecule has 0 aliphatic heterocycles. The van der Waals surface area contributed by atoms with Crippen LogP contribution in [-0.4, -0.2) is 32.3 Å². The second kappa shape index (κ2) is 8.05. The highest BCUT2D eigenvalue weighted by atomic mass is 32.2. The van der Waals surface area contributed by atoms with Crippen LogP contribution in [0.2, 0.25) is 0 Å². The molecule has 3 aromatic rings. The topological polar surface area (TPSA) is 103 Å². The first-order chi connectivity index (χ1) is 13.0. The quantitative estimate of drug-likeness (QED) is 0.503. The molecule has 0 fully saturated rings. The van der Waals surface area contributed by atoms with Crippen molar-refractivity contribution in [3.63, 3.8) is 0 Å². The van der Waals surface area contributed by atoms with Gasteiger partial charge >= 0.3 is 6.03 Å². The molecule has 0 aliphatic rings. The number of carbonyl (C=O) groups is 2. The fraction of sp³-hybridized carbons (Fsp3) is 0.158. The van der Waals surface area contributed by atoms with Crippen molar-refractivity contribution in [2.24, 2.45) is 5.73 Å². The molecule has 7 nitrogen and oxygen atoms in total. The van der Waals surface area contributed by atoms with Crippen molar-refractivity contribution in [3.05, 3.63) is 65.5 Å². The number of urea groups is 1. The highest BCUT2D eigenvalue weighted by Crippen LogP contribution is 2.24. The van der Waals surface area contributed by atoms with E-state index >= 15 is 0 Å². The first-order valence-corrected chi connectivity index (χ1v) is 9.25. The lowest BCUT2D eigenvalue weighted by molar-refractivity contribution is 0.102. The molecule has 0 saturated carbocycles. The van der Waals surface area contributed by atoms with Crippen LogP contribution >= 0.6 is 11.8 Å². The minimum absolute atomic E-state index is 0.0392. The monoisotopic (exact) mass is 381 g/mol. The number of ketones is 1. The Morgan fingerprint density at radius 2 is 1.78 bits per heavy atom. The summed E-state index contributed by atoms with van der Waals surface area (Å²) in [5.41, 5.74) is 8.27. The minimum Gasteiger partial charge on any atom is -0.351 e. The average Bonchev–Trinajstić information content (AvgIpc) is 3.01. The standard InChI is InChI=1S/C19H19N5O2S/c1-12-5-3-4-6-16(12)24-13(2)22-23-19(24)27-11-17(25)14-7-9-15(10-8-14)21-18(20)26/h3-10H,11H2,1-2H3,(H3,20,21,26). The first kappa shape index (κ1) is 18.7. The number of amides is 2. The van der Waals surface area contributed by atoms with Crippen molar-refractivity contribution in [2.45, 2.75) is 19.0 Å². The summed E-state index contributed by atoms with van der Waals surface area (Å²) in [7, 11) is 0. The van der Waals surface area contributed by atoms with E-state index in [0.717, 1.165) is 17.1 Å². The zero-order valence-corrected chi connectivity index (χ0v) is 15.8. The first-order valence-electron chi connectivity index (χ1n) is 8.26. The second-order valence-electron chi connectivity index (χ2n) is 5.93. The summed E-state index contributed by atoms with van der Waals surface area (Å²) in [4.78, 5) is 23.3. The van der Waals surface area contributed by atoms with Crippen LogP contribution in [0, 0.1) is 13.8 Å². The molecule has 0 spiro atoms. The number of hydrogen-bond acceptors (Lipinski definition) is 5. The number of primary amides is 1. The van der Waals surface area contributed by atoms with Gasteiger partial charge in [-0.3, -0.25) is 9.36 Å². The number of hydrogen-bond donors (Lipinski definition) is 2. The van der Waals surface area contributed by atoms with E-state index in [2.05, 4.69) is 15.5 Å². The lowest BCUT2D eigenvalue weighted by Gasteiger charge is -2.11. The van der Waals surface area contributed by atoms with E-state index in [1.54, 1.807) is 24.3 Å². The maximum absolute atomic E-state index is 12.5. The van der Waals surface area contributed by atoms with Gasteiger partial charge in [0.1, 0.15) is 5.82 Å². The number of nitrogens with two attached hydrogens (primary N) is 1. The molecule has 0 radical (unpaired) electrons. The molecule has 0 bridgehead atoms. The molecule has 3 rings (SSSR count). The van der Waals surface area contributed by atoms with E-state index in [9.17, 15) is 9.59 Å². The number of Topliss-reactive ketones (excluding diaryl/α,β-unsaturated/α-hetero) is 1. The second-order valence-corrected chi connectivity index (χ2v) is 6.87. The van der Waals surface area contributed by atoms with E-state index in [4.69, 9.17) is 5.73 Å². The largest absolute Gasteiger partial charge is 0.351 e. The van der Waals surface area contributed by atoms with E-state index in [1.807, 2.05) is 42.7 Å². The predicted octanol–water partition coefficient (Wildman–Crippen LogP) is 3.35. The highest BCUT2D eigenvalue weighted by Gasteiger charge is 2.15. The zero-order chi connectivity index (χ0) is 19.4. The molecule has 1 aromatic heterocycles. The summed E-state index contributed by atoms with van der Waals surface area (Å²) in [5.74, 6) is 0.954. The van der Waals surface area contributed by atoms with E-state index in [0.29, 0.717) is 16.4 Å². The Labute approximate surface area is 161 Å². The van der Waals surface area contributed by atoms with Crippen molar-refractivity contribution in [1.82, 2.24) is 14.8 Å². The molecule has 0 unspecified atom stereocenters. The van der Waals surface area contributed by atoms with E-state index in [-0.39, 0.29) is 11.5 Å². The van der Waals surface area contributed by atoms with Gasteiger partial charge in [0, 0.05) is 11.3 Å². The lowest BCUT2D eigenvalue weighted by atomic mass is 10.1. The number of rotatable bonds is 6. The van der Waals surface area contributed by atoms with Gasteiger partial charge in [-0.05, 0) is 49.7 Å². The van der Waals surface area contributed by atoms with E-state index < -0.39 is 6.03 Å². The van der Waals surface area contributed by atoms with Gasteiger partial charge in [-0.15, -0.1) is 10.2 Å². The van der Waals surface area contributed by atoms with Crippen molar-refractivity contribution in [1.29, 1.82) is 0 Å². The Bertz CT molecular complexity index is 982. The summed E-state index contributed by atoms with van der Waals surface area (Å²) < 4.78 is 1.95. The van der Waals surface area contributed by atoms with Crippen molar-refractivity contribution in [3.8, 4) is 5.69 Å². The summed E-state index contributed by atoms with van der Waals surface area (Å²) in [6.07, 6.45) is 0. The lowest BCUT2D eigenvalue weighted by Crippen LogP contribution is -2.19. The number of benzene rings is 2. The fourth-order valence-electron chi connectivity index (χ4n) is 2.62. The maximum atomic E-state index is 12.5. The van der Waals surface area contributed by atoms with Crippen LogP contribution < -0.4 is 11.1 Å². The van der Waals surface area contributed by atoms with Gasteiger partial charge in [-0.2, -0.15) is 0 Å². The van der Waals surface area contributed by atoms with Gasteiger partial charge in [0.15, 0.2) is 10.9 Å². The number of nitrogens with zero attached hydrogens (tertiary/aromatic N) is 3. The van der Waals surface area contributed by atoms with Crippen molar-refractivity contribution in [2.75, 3.05) is 11.1 Å². The summed E-state index contributed by atoms with van der Waals surface area (Å²) >= 11 is 1.34. The number of aryl methyl sites for hydroxylation is 2. The Hall–Kier alpha value is -3.13. The third kappa shape index (κ3) is 4.35. The molecule has 1 heterocycles. The molecule has 0 aliphatic carbocycles. The Morgan fingerprint density at radius 3 is 2.44 bits per heavy atom. The Kier molecular flexibility index (Phi) is 5.56. The van der Waals surface area contributed by atoms with Crippen LogP contribution in [0.25, 0.3) is 5.69 Å². The van der Waals surface area contributed by atoms with Crippen LogP contribution in [0.15, 0.2) is 53.7 Å². The van der Waals surface area contributed by atoms with Crippen molar-refractivity contribution < 1.29 is 9.59 Å². The van der Waals surface area contributed by atoms with Crippen LogP contribution in [0.3, 0.4) is 0 Å². The van der Waals surface area contributed by atoms with Gasteiger partial charge in [0.05, 0.1) is 11.4 Å². The number of nitrogens with one attached hydrogen (secondary N) is 1. The number of aromatic nitrogens is 3. The molecule has 0 atom stereocenters. The van der Waals surface area contributed by atoms with Crippen LogP contribution in [0.1, 0.15) is 21.7 Å². The van der Waals surface area contributed by atoms with Crippen LogP contribution in [0.4, 0.5) is 10.5 Å². The number of anilines is 1. The predicted molar refractivity (Wildman–Crippen MR) is 106 cm³/mol. The third-order valence-corrected chi connectivity index (χ3v) is 4.89. The summed E-state index contributed by atoms with van der Waals surface area (Å²) in [5, 5.41) is 11.5. The normalized spacial score (nSPS) is 10.6. The van der Waals surface area contributed by atoms with Crippen LogP contribution in [-0.2, 0) is 0 Å². The molecular weight excluding hydrogens is 362 g/mol. The smallest absolute Gasteiger partial charge is 0.316 e. The molecule has 2 amide bonds. The summed E-state index contributed by atoms with van der Waals surface area (Å²) in [6.45, 7) is 3.91. The van der Waals surface area contributed by atoms with Gasteiger partial charge in [-0.1, -0.05) is 30.0 Å². The molecule has 2 aromatic carbocycles. The molecule has 27 heavy (non-hydrogen) atoms. The zero-order valence-electron chi connectivity index (χ0n) is 15.0. The fourth-order valence-corrected chi connectivity index (χ4v) is 3.51. The average molecular weight is 381 g/mol. The third-order valence-electron chi connectivity index (χ3n) is 3.96. The number of thioether (sulfide) groups is 1. The van der Waals surface area contributed by atoms with E-state index in [1.165, 1.54) is 11.8 Å². The summed E-state index contributed by atoms with van der Waals surface area (Å²) in [6, 6.07) is 13.9. The molecule has 3 N–H and O–H groups in total. The maximum Gasteiger partial charge on any atom is 0.316 e. The molecular formula is C19H19N5O2S. The highest BCUT2D eigenvalue weighted by molar-refractivity contribution is 7.99. The number of para-hydroxylation sites is 1.